The molecule has 1 aliphatic rings. The van der Waals surface area contributed by atoms with Gasteiger partial charge >= 0.3 is 0 Å². The Morgan fingerprint density at radius 2 is 1.96 bits per heavy atom. The summed E-state index contributed by atoms with van der Waals surface area (Å²) >= 11 is 1.90. The maximum atomic E-state index is 5.53. The summed E-state index contributed by atoms with van der Waals surface area (Å²) in [5.74, 6) is 2.96. The number of rotatable bonds is 10. The Balaban J connectivity index is 1.94. The molecule has 27 heavy (non-hydrogen) atoms. The molecule has 152 valence electrons. The highest BCUT2D eigenvalue weighted by Crippen LogP contribution is 2.23. The zero-order valence-corrected chi connectivity index (χ0v) is 17.7. The quantitative estimate of drug-likeness (QED) is 0.361. The first kappa shape index (κ1) is 21.9. The number of methoxy groups -OCH3 is 1. The van der Waals surface area contributed by atoms with E-state index >= 15 is 0 Å². The van der Waals surface area contributed by atoms with Crippen molar-refractivity contribution < 1.29 is 9.47 Å². The molecule has 2 N–H and O–H groups in total. The minimum Gasteiger partial charge on any atom is -0.497 e. The van der Waals surface area contributed by atoms with E-state index in [1.165, 1.54) is 17.7 Å². The van der Waals surface area contributed by atoms with Crippen molar-refractivity contribution in [1.29, 1.82) is 0 Å². The molecule has 1 unspecified atom stereocenters. The summed E-state index contributed by atoms with van der Waals surface area (Å²) in [6.45, 7) is 5.21. The Morgan fingerprint density at radius 1 is 1.22 bits per heavy atom. The van der Waals surface area contributed by atoms with Crippen LogP contribution in [-0.4, -0.2) is 76.4 Å². The van der Waals surface area contributed by atoms with Gasteiger partial charge in [-0.2, -0.15) is 11.8 Å². The lowest BCUT2D eigenvalue weighted by atomic mass is 10.0. The standard InChI is InChI=1S/C20H34N4O2S/c1-21-20(22-10-4-5-15-27-3)23-16-19(24-11-13-26-14-12-24)17-6-8-18(25-2)9-7-17/h6-9,19H,4-5,10-16H2,1-3H3,(H2,21,22,23). The SMILES string of the molecule is CN=C(NCCCCSC)NCC(c1ccc(OC)cc1)N1CCOCC1. The van der Waals surface area contributed by atoms with Gasteiger partial charge < -0.3 is 20.1 Å². The molecular weight excluding hydrogens is 360 g/mol. The minimum absolute atomic E-state index is 0.273. The maximum absolute atomic E-state index is 5.53. The van der Waals surface area contributed by atoms with Crippen molar-refractivity contribution >= 4 is 17.7 Å². The fourth-order valence-corrected chi connectivity index (χ4v) is 3.66. The average Bonchev–Trinajstić information content (AvgIpc) is 2.73. The van der Waals surface area contributed by atoms with E-state index in [1.54, 1.807) is 7.11 Å². The van der Waals surface area contributed by atoms with Crippen LogP contribution in [0.25, 0.3) is 0 Å². The second kappa shape index (κ2) is 12.9. The second-order valence-electron chi connectivity index (χ2n) is 6.52. The molecular formula is C20H34N4O2S. The van der Waals surface area contributed by atoms with Crippen LogP contribution in [-0.2, 0) is 4.74 Å². The highest BCUT2D eigenvalue weighted by Gasteiger charge is 2.23. The lowest BCUT2D eigenvalue weighted by Gasteiger charge is -2.35. The number of nitrogens with zero attached hydrogens (tertiary/aromatic N) is 2. The van der Waals surface area contributed by atoms with Crippen LogP contribution in [0.5, 0.6) is 5.75 Å². The van der Waals surface area contributed by atoms with Gasteiger partial charge in [0.2, 0.25) is 0 Å². The van der Waals surface area contributed by atoms with Gasteiger partial charge in [0.25, 0.3) is 0 Å². The van der Waals surface area contributed by atoms with Gasteiger partial charge in [0.1, 0.15) is 5.75 Å². The number of unbranched alkanes of at least 4 members (excludes halogenated alkanes) is 1. The molecule has 0 radical (unpaired) electrons. The van der Waals surface area contributed by atoms with Crippen molar-refractivity contribution in [2.45, 2.75) is 18.9 Å². The van der Waals surface area contributed by atoms with E-state index in [-0.39, 0.29) is 6.04 Å². The van der Waals surface area contributed by atoms with E-state index in [2.05, 4.69) is 38.9 Å². The third-order valence-corrected chi connectivity index (χ3v) is 5.44. The molecule has 1 aromatic carbocycles. The number of hydrogen-bond acceptors (Lipinski definition) is 5. The zero-order chi connectivity index (χ0) is 19.3. The minimum atomic E-state index is 0.273. The van der Waals surface area contributed by atoms with Crippen LogP contribution in [0, 0.1) is 0 Å². The zero-order valence-electron chi connectivity index (χ0n) is 16.9. The third kappa shape index (κ3) is 7.60. The topological polar surface area (TPSA) is 58.1 Å². The average molecular weight is 395 g/mol. The van der Waals surface area contributed by atoms with Gasteiger partial charge in [-0.25, -0.2) is 0 Å². The lowest BCUT2D eigenvalue weighted by Crippen LogP contribution is -2.46. The fourth-order valence-electron chi connectivity index (χ4n) is 3.17. The van der Waals surface area contributed by atoms with E-state index < -0.39 is 0 Å². The van der Waals surface area contributed by atoms with Crippen molar-refractivity contribution in [3.05, 3.63) is 29.8 Å². The number of thioether (sulfide) groups is 1. The Labute approximate surface area is 168 Å². The summed E-state index contributed by atoms with van der Waals surface area (Å²) < 4.78 is 10.8. The molecule has 0 saturated carbocycles. The van der Waals surface area contributed by atoms with E-state index in [4.69, 9.17) is 9.47 Å². The molecule has 1 fully saturated rings. The number of benzene rings is 1. The first-order valence-electron chi connectivity index (χ1n) is 9.67. The predicted octanol–water partition coefficient (Wildman–Crippen LogP) is 2.38. The molecule has 0 aliphatic carbocycles. The van der Waals surface area contributed by atoms with Gasteiger partial charge in [0.05, 0.1) is 26.4 Å². The molecule has 1 atom stereocenters. The molecule has 7 heteroatoms. The van der Waals surface area contributed by atoms with Gasteiger partial charge in [0.15, 0.2) is 5.96 Å². The van der Waals surface area contributed by atoms with Crippen LogP contribution in [0.15, 0.2) is 29.3 Å². The monoisotopic (exact) mass is 394 g/mol. The van der Waals surface area contributed by atoms with Crippen LogP contribution in [0.3, 0.4) is 0 Å². The largest absolute Gasteiger partial charge is 0.497 e. The van der Waals surface area contributed by atoms with Crippen molar-refractivity contribution in [3.63, 3.8) is 0 Å². The number of morpholine rings is 1. The van der Waals surface area contributed by atoms with E-state index in [0.29, 0.717) is 0 Å². The summed E-state index contributed by atoms with van der Waals surface area (Å²) in [4.78, 5) is 6.85. The maximum Gasteiger partial charge on any atom is 0.191 e. The molecule has 0 aromatic heterocycles. The van der Waals surface area contributed by atoms with Crippen LogP contribution >= 0.6 is 11.8 Å². The van der Waals surface area contributed by atoms with Gasteiger partial charge in [-0.05, 0) is 42.5 Å². The normalized spacial score (nSPS) is 16.8. The van der Waals surface area contributed by atoms with Crippen molar-refractivity contribution in [1.82, 2.24) is 15.5 Å². The van der Waals surface area contributed by atoms with Crippen LogP contribution < -0.4 is 15.4 Å². The third-order valence-electron chi connectivity index (χ3n) is 4.74. The summed E-state index contributed by atoms with van der Waals surface area (Å²) in [5.41, 5.74) is 1.28. The number of aliphatic imine (C=N–C) groups is 1. The van der Waals surface area contributed by atoms with E-state index in [9.17, 15) is 0 Å². The molecule has 0 amide bonds. The van der Waals surface area contributed by atoms with Crippen molar-refractivity contribution in [2.75, 3.05) is 65.6 Å². The van der Waals surface area contributed by atoms with Crippen molar-refractivity contribution in [2.24, 2.45) is 4.99 Å². The highest BCUT2D eigenvalue weighted by atomic mass is 32.2. The smallest absolute Gasteiger partial charge is 0.191 e. The molecule has 1 heterocycles. The van der Waals surface area contributed by atoms with Crippen LogP contribution in [0.2, 0.25) is 0 Å². The second-order valence-corrected chi connectivity index (χ2v) is 7.50. The van der Waals surface area contributed by atoms with Crippen molar-refractivity contribution in [3.8, 4) is 5.75 Å². The Hall–Kier alpha value is -1.44. The number of nitrogens with one attached hydrogen (secondary N) is 2. The molecule has 1 aliphatic heterocycles. The Bertz CT molecular complexity index is 547. The lowest BCUT2D eigenvalue weighted by molar-refractivity contribution is 0.0170. The van der Waals surface area contributed by atoms with Gasteiger partial charge in [0, 0.05) is 33.2 Å². The molecule has 0 spiro atoms. The summed E-state index contributed by atoms with van der Waals surface area (Å²) in [5, 5.41) is 6.93. The van der Waals surface area contributed by atoms with E-state index in [0.717, 1.165) is 57.5 Å². The fraction of sp³-hybridized carbons (Fsp3) is 0.650. The molecule has 2 rings (SSSR count). The molecule has 1 aromatic rings. The van der Waals surface area contributed by atoms with Crippen LogP contribution in [0.1, 0.15) is 24.4 Å². The van der Waals surface area contributed by atoms with E-state index in [1.807, 2.05) is 30.9 Å². The van der Waals surface area contributed by atoms with Crippen LogP contribution in [0.4, 0.5) is 0 Å². The van der Waals surface area contributed by atoms with Gasteiger partial charge in [-0.3, -0.25) is 9.89 Å². The predicted molar refractivity (Wildman–Crippen MR) is 115 cm³/mol. The number of guanidine groups is 1. The Kier molecular flexibility index (Phi) is 10.4. The number of ether oxygens (including phenoxy) is 2. The van der Waals surface area contributed by atoms with Gasteiger partial charge in [-0.15, -0.1) is 0 Å². The summed E-state index contributed by atoms with van der Waals surface area (Å²) in [7, 11) is 3.53. The van der Waals surface area contributed by atoms with Gasteiger partial charge in [-0.1, -0.05) is 12.1 Å². The summed E-state index contributed by atoms with van der Waals surface area (Å²) in [6, 6.07) is 8.64. The number of hydrogen-bond donors (Lipinski definition) is 2. The molecule has 0 bridgehead atoms. The summed E-state index contributed by atoms with van der Waals surface area (Å²) in [6.07, 6.45) is 4.54. The first-order valence-corrected chi connectivity index (χ1v) is 11.1. The Morgan fingerprint density at radius 3 is 2.59 bits per heavy atom. The molecule has 6 nitrogen and oxygen atoms in total. The molecule has 1 saturated heterocycles. The highest BCUT2D eigenvalue weighted by molar-refractivity contribution is 7.98. The first-order chi connectivity index (χ1) is 13.3.